The third kappa shape index (κ3) is 6.09. The van der Waals surface area contributed by atoms with E-state index in [2.05, 4.69) is 42.7 Å². The number of nitrogens with zero attached hydrogens (tertiary/aromatic N) is 2. The normalized spacial score (nSPS) is 17.8. The van der Waals surface area contributed by atoms with Gasteiger partial charge < -0.3 is 14.3 Å². The molecular weight excluding hydrogens is 340 g/mol. The average molecular weight is 373 g/mol. The van der Waals surface area contributed by atoms with Crippen molar-refractivity contribution in [2.75, 3.05) is 39.3 Å². The number of rotatable bonds is 7. The molecule has 0 saturated carbocycles. The number of benzene rings is 1. The Hall–Kier alpha value is -1.82. The molecule has 1 aromatic heterocycles. The van der Waals surface area contributed by atoms with E-state index in [-0.39, 0.29) is 5.41 Å². The Morgan fingerprint density at radius 1 is 1.04 bits per heavy atom. The number of hydrogen-bond donors (Lipinski definition) is 1. The summed E-state index contributed by atoms with van der Waals surface area (Å²) in [5, 5.41) is 10.3. The van der Waals surface area contributed by atoms with Gasteiger partial charge in [-0.3, -0.25) is 9.80 Å². The van der Waals surface area contributed by atoms with Gasteiger partial charge in [0, 0.05) is 32.7 Å². The maximum atomic E-state index is 10.3. The summed E-state index contributed by atoms with van der Waals surface area (Å²) in [6, 6.07) is 12.1. The molecule has 1 aliphatic heterocycles. The molecule has 0 radical (unpaired) electrons. The molecule has 27 heavy (non-hydrogen) atoms. The molecule has 148 valence electrons. The zero-order chi connectivity index (χ0) is 19.3. The van der Waals surface area contributed by atoms with E-state index in [0.29, 0.717) is 13.2 Å². The number of furan rings is 1. The van der Waals surface area contributed by atoms with Gasteiger partial charge >= 0.3 is 0 Å². The summed E-state index contributed by atoms with van der Waals surface area (Å²) in [5.74, 6) is 1.82. The van der Waals surface area contributed by atoms with Crippen molar-refractivity contribution >= 4 is 0 Å². The van der Waals surface area contributed by atoms with Gasteiger partial charge in [-0.05, 0) is 35.2 Å². The fourth-order valence-electron chi connectivity index (χ4n) is 3.35. The molecule has 1 saturated heterocycles. The molecule has 0 bridgehead atoms. The summed E-state index contributed by atoms with van der Waals surface area (Å²) in [6.45, 7) is 12.3. The fraction of sp³-hybridized carbons (Fsp3) is 0.545. The lowest BCUT2D eigenvalue weighted by Gasteiger charge is -2.35. The van der Waals surface area contributed by atoms with Gasteiger partial charge in [-0.2, -0.15) is 0 Å². The van der Waals surface area contributed by atoms with Gasteiger partial charge in [-0.25, -0.2) is 0 Å². The predicted molar refractivity (Wildman–Crippen MR) is 107 cm³/mol. The number of ether oxygens (including phenoxy) is 1. The minimum absolute atomic E-state index is 0.136. The molecule has 1 fully saturated rings. The van der Waals surface area contributed by atoms with Crippen molar-refractivity contribution in [2.45, 2.75) is 38.8 Å². The smallest absolute Gasteiger partial charge is 0.119 e. The third-order valence-corrected chi connectivity index (χ3v) is 5.06. The maximum absolute atomic E-state index is 10.3. The summed E-state index contributed by atoms with van der Waals surface area (Å²) in [4.78, 5) is 4.68. The molecule has 2 aromatic rings. The van der Waals surface area contributed by atoms with Crippen molar-refractivity contribution in [2.24, 2.45) is 0 Å². The molecular formula is C22H32N2O3. The van der Waals surface area contributed by atoms with Crippen LogP contribution in [0.5, 0.6) is 5.75 Å². The fourth-order valence-corrected chi connectivity index (χ4v) is 3.35. The Balaban J connectivity index is 1.36. The SMILES string of the molecule is CC(C)(C)c1ccc(OC[C@H](O)CN2CCN(Cc3ccco3)CC2)cc1. The van der Waals surface area contributed by atoms with Crippen molar-refractivity contribution in [1.82, 2.24) is 9.80 Å². The van der Waals surface area contributed by atoms with E-state index < -0.39 is 6.10 Å². The molecule has 0 aliphatic carbocycles. The Labute approximate surface area is 162 Å². The van der Waals surface area contributed by atoms with Crippen LogP contribution in [0.1, 0.15) is 32.1 Å². The first kappa shape index (κ1) is 19.9. The van der Waals surface area contributed by atoms with E-state index in [1.165, 1.54) is 5.56 Å². The second-order valence-corrected chi connectivity index (χ2v) is 8.40. The minimum Gasteiger partial charge on any atom is -0.491 e. The largest absolute Gasteiger partial charge is 0.491 e. The van der Waals surface area contributed by atoms with E-state index >= 15 is 0 Å². The molecule has 0 amide bonds. The highest BCUT2D eigenvalue weighted by atomic mass is 16.5. The van der Waals surface area contributed by atoms with Crippen molar-refractivity contribution in [3.8, 4) is 5.75 Å². The zero-order valence-corrected chi connectivity index (χ0v) is 16.7. The first-order valence-corrected chi connectivity index (χ1v) is 9.78. The number of β-amino-alcohol motifs (C(OH)–C–C–N with tert-alkyl or cyclic N) is 1. The standard InChI is InChI=1S/C22H32N2O3/c1-22(2,3)18-6-8-20(9-7-18)27-17-19(25)15-23-10-12-24(13-11-23)16-21-5-4-14-26-21/h4-9,14,19,25H,10-13,15-17H2,1-3H3/t19-/m1/s1. The van der Waals surface area contributed by atoms with Gasteiger partial charge in [0.15, 0.2) is 0 Å². The van der Waals surface area contributed by atoms with Crippen molar-refractivity contribution in [1.29, 1.82) is 0 Å². The van der Waals surface area contributed by atoms with Crippen molar-refractivity contribution in [3.63, 3.8) is 0 Å². The molecule has 1 atom stereocenters. The summed E-state index contributed by atoms with van der Waals surface area (Å²) in [6.07, 6.45) is 1.24. The lowest BCUT2D eigenvalue weighted by Crippen LogP contribution is -2.48. The highest BCUT2D eigenvalue weighted by molar-refractivity contribution is 5.31. The Kier molecular flexibility index (Phi) is 6.58. The Bertz CT molecular complexity index is 669. The van der Waals surface area contributed by atoms with Gasteiger partial charge in [-0.1, -0.05) is 32.9 Å². The molecule has 1 N–H and O–H groups in total. The molecule has 0 unspecified atom stereocenters. The quantitative estimate of drug-likeness (QED) is 0.809. The van der Waals surface area contributed by atoms with Crippen LogP contribution < -0.4 is 4.74 Å². The second-order valence-electron chi connectivity index (χ2n) is 8.40. The summed E-state index contributed by atoms with van der Waals surface area (Å²) < 4.78 is 11.2. The first-order valence-electron chi connectivity index (χ1n) is 9.78. The van der Waals surface area contributed by atoms with Crippen LogP contribution in [-0.4, -0.2) is 60.3 Å². The van der Waals surface area contributed by atoms with E-state index in [1.54, 1.807) is 6.26 Å². The summed E-state index contributed by atoms with van der Waals surface area (Å²) in [5.41, 5.74) is 1.42. The number of aliphatic hydroxyl groups is 1. The Morgan fingerprint density at radius 3 is 2.30 bits per heavy atom. The lowest BCUT2D eigenvalue weighted by molar-refractivity contribution is 0.0434. The van der Waals surface area contributed by atoms with Crippen LogP contribution in [0.3, 0.4) is 0 Å². The molecule has 3 rings (SSSR count). The molecule has 2 heterocycles. The molecule has 0 spiro atoms. The minimum atomic E-state index is -0.482. The molecule has 1 aliphatic rings. The van der Waals surface area contributed by atoms with Gasteiger partial charge in [-0.15, -0.1) is 0 Å². The van der Waals surface area contributed by atoms with E-state index in [1.807, 2.05) is 24.3 Å². The van der Waals surface area contributed by atoms with Crippen LogP contribution in [0, 0.1) is 0 Å². The maximum Gasteiger partial charge on any atom is 0.119 e. The second kappa shape index (κ2) is 8.91. The highest BCUT2D eigenvalue weighted by Crippen LogP contribution is 2.24. The van der Waals surface area contributed by atoms with Crippen LogP contribution >= 0.6 is 0 Å². The van der Waals surface area contributed by atoms with Gasteiger partial charge in [0.25, 0.3) is 0 Å². The number of piperazine rings is 1. The number of hydrogen-bond acceptors (Lipinski definition) is 5. The predicted octanol–water partition coefficient (Wildman–Crippen LogP) is 3.13. The van der Waals surface area contributed by atoms with Crippen LogP contribution in [0.15, 0.2) is 47.1 Å². The zero-order valence-electron chi connectivity index (χ0n) is 16.7. The number of aliphatic hydroxyl groups excluding tert-OH is 1. The molecule has 5 heteroatoms. The topological polar surface area (TPSA) is 49.1 Å². The Morgan fingerprint density at radius 2 is 1.70 bits per heavy atom. The average Bonchev–Trinajstić information content (AvgIpc) is 3.14. The summed E-state index contributed by atoms with van der Waals surface area (Å²) >= 11 is 0. The van der Waals surface area contributed by atoms with Crippen LogP contribution in [0.25, 0.3) is 0 Å². The van der Waals surface area contributed by atoms with Crippen molar-refractivity contribution in [3.05, 3.63) is 54.0 Å². The van der Waals surface area contributed by atoms with Gasteiger partial charge in [0.05, 0.1) is 12.8 Å². The highest BCUT2D eigenvalue weighted by Gasteiger charge is 2.20. The van der Waals surface area contributed by atoms with Crippen LogP contribution in [-0.2, 0) is 12.0 Å². The molecule has 5 nitrogen and oxygen atoms in total. The van der Waals surface area contributed by atoms with Gasteiger partial charge in [0.1, 0.15) is 24.2 Å². The van der Waals surface area contributed by atoms with Gasteiger partial charge in [0.2, 0.25) is 0 Å². The van der Waals surface area contributed by atoms with Crippen LogP contribution in [0.2, 0.25) is 0 Å². The van der Waals surface area contributed by atoms with E-state index in [9.17, 15) is 5.11 Å². The molecule has 1 aromatic carbocycles. The first-order chi connectivity index (χ1) is 12.9. The monoisotopic (exact) mass is 372 g/mol. The van der Waals surface area contributed by atoms with Crippen LogP contribution in [0.4, 0.5) is 0 Å². The summed E-state index contributed by atoms with van der Waals surface area (Å²) in [7, 11) is 0. The van der Waals surface area contributed by atoms with E-state index in [4.69, 9.17) is 9.15 Å². The lowest BCUT2D eigenvalue weighted by atomic mass is 9.87. The third-order valence-electron chi connectivity index (χ3n) is 5.06. The van der Waals surface area contributed by atoms with Crippen molar-refractivity contribution < 1.29 is 14.3 Å². The van der Waals surface area contributed by atoms with E-state index in [0.717, 1.165) is 44.2 Å².